The minimum absolute atomic E-state index is 0.269. The van der Waals surface area contributed by atoms with Gasteiger partial charge in [0.25, 0.3) is 0 Å². The van der Waals surface area contributed by atoms with Crippen molar-refractivity contribution in [1.29, 1.82) is 5.26 Å². The van der Waals surface area contributed by atoms with Gasteiger partial charge in [-0.05, 0) is 85.0 Å². The van der Waals surface area contributed by atoms with E-state index in [1.54, 1.807) is 0 Å². The van der Waals surface area contributed by atoms with Crippen molar-refractivity contribution in [2.45, 2.75) is 58.8 Å². The van der Waals surface area contributed by atoms with E-state index in [0.29, 0.717) is 11.7 Å². The molecule has 0 heterocycles. The molecule has 8 atom stereocenters. The Hall–Kier alpha value is -1.10. The molecular weight excluding hydrogens is 282 g/mol. The summed E-state index contributed by atoms with van der Waals surface area (Å²) in [6.45, 7) is 4.89. The monoisotopic (exact) mass is 309 g/mol. The Morgan fingerprint density at radius 3 is 2.78 bits per heavy atom. The first-order valence-corrected chi connectivity index (χ1v) is 9.63. The van der Waals surface area contributed by atoms with Crippen LogP contribution in [0.4, 0.5) is 0 Å². The predicted octanol–water partition coefficient (Wildman–Crippen LogP) is 4.51. The van der Waals surface area contributed by atoms with Crippen LogP contribution in [0.25, 0.3) is 0 Å². The number of carbonyl (C=O) groups is 1. The van der Waals surface area contributed by atoms with Gasteiger partial charge in [-0.2, -0.15) is 5.26 Å². The number of allylic oxidation sites excluding steroid dienone is 1. The van der Waals surface area contributed by atoms with Gasteiger partial charge in [0.1, 0.15) is 0 Å². The molecule has 0 spiro atoms. The maximum atomic E-state index is 12.0. The Morgan fingerprint density at radius 2 is 2.00 bits per heavy atom. The molecule has 5 aliphatic carbocycles. The van der Waals surface area contributed by atoms with Gasteiger partial charge in [-0.1, -0.05) is 19.4 Å². The summed E-state index contributed by atoms with van der Waals surface area (Å²) in [7, 11) is 0. The molecule has 4 fully saturated rings. The lowest BCUT2D eigenvalue weighted by Crippen LogP contribution is -2.51. The molecule has 122 valence electrons. The molecular formula is C21H27NO. The molecule has 0 saturated heterocycles. The third kappa shape index (κ3) is 1.62. The van der Waals surface area contributed by atoms with Crippen molar-refractivity contribution in [3.05, 3.63) is 11.6 Å². The van der Waals surface area contributed by atoms with Gasteiger partial charge in [-0.15, -0.1) is 0 Å². The highest BCUT2D eigenvalue weighted by Crippen LogP contribution is 2.74. The van der Waals surface area contributed by atoms with Gasteiger partial charge in [-0.3, -0.25) is 4.79 Å². The quantitative estimate of drug-likeness (QED) is 0.660. The molecule has 0 bridgehead atoms. The summed E-state index contributed by atoms with van der Waals surface area (Å²) in [5.41, 5.74) is 2.08. The van der Waals surface area contributed by atoms with E-state index in [-0.39, 0.29) is 16.7 Å². The Bertz CT molecular complexity index is 657. The Morgan fingerprint density at radius 1 is 1.17 bits per heavy atom. The molecule has 0 aromatic carbocycles. The standard InChI is InChI=1S/C21H27NO/c1-20-8-6-17-19(16(20)4-3-12(20)11-22)15-10-14(15)18-9-13(23)5-7-21(17,18)2/h9,12,14-17,19H,3-8,10H2,1-2H3/t12-,14?,15+,16?,17?,19?,20-,21-/m1/s1. The third-order valence-electron chi connectivity index (χ3n) is 8.91. The minimum atomic E-state index is 0.269. The van der Waals surface area contributed by atoms with Crippen LogP contribution in [-0.2, 0) is 4.79 Å². The molecule has 4 unspecified atom stereocenters. The SMILES string of the molecule is C[C@]12CCC(=O)C=C1C1C[C@@H]1C1C2CC[C@@]2(C)C1CC[C@@H]2C#N. The first kappa shape index (κ1) is 14.3. The number of ketones is 1. The average molecular weight is 309 g/mol. The summed E-state index contributed by atoms with van der Waals surface area (Å²) in [4.78, 5) is 12.0. The van der Waals surface area contributed by atoms with Crippen LogP contribution in [0.5, 0.6) is 0 Å². The minimum Gasteiger partial charge on any atom is -0.295 e. The first-order chi connectivity index (χ1) is 11.0. The number of hydrogen-bond donors (Lipinski definition) is 0. The van der Waals surface area contributed by atoms with Crippen molar-refractivity contribution in [3.8, 4) is 6.07 Å². The zero-order valence-electron chi connectivity index (χ0n) is 14.3. The van der Waals surface area contributed by atoms with Crippen LogP contribution in [0.15, 0.2) is 11.6 Å². The number of nitrogens with zero attached hydrogens (tertiary/aromatic N) is 1. The average Bonchev–Trinajstić information content (AvgIpc) is 3.24. The topological polar surface area (TPSA) is 40.9 Å². The zero-order valence-corrected chi connectivity index (χ0v) is 14.3. The fraction of sp³-hybridized carbons (Fsp3) is 0.810. The van der Waals surface area contributed by atoms with E-state index in [4.69, 9.17) is 0 Å². The number of nitriles is 1. The second kappa shape index (κ2) is 4.29. The molecule has 0 aliphatic heterocycles. The molecule has 4 saturated carbocycles. The second-order valence-electron chi connectivity index (χ2n) is 9.58. The van der Waals surface area contributed by atoms with Gasteiger partial charge in [0.05, 0.1) is 12.0 Å². The van der Waals surface area contributed by atoms with Gasteiger partial charge >= 0.3 is 0 Å². The van der Waals surface area contributed by atoms with Crippen LogP contribution in [0.2, 0.25) is 0 Å². The Labute approximate surface area is 139 Å². The van der Waals surface area contributed by atoms with E-state index in [2.05, 4.69) is 19.9 Å². The number of fused-ring (bicyclic) bond motifs is 8. The van der Waals surface area contributed by atoms with Crippen molar-refractivity contribution in [2.75, 3.05) is 0 Å². The highest BCUT2D eigenvalue weighted by atomic mass is 16.1. The van der Waals surface area contributed by atoms with Crippen LogP contribution in [0.3, 0.4) is 0 Å². The van der Waals surface area contributed by atoms with Crippen molar-refractivity contribution in [2.24, 2.45) is 46.3 Å². The maximum Gasteiger partial charge on any atom is 0.155 e. The third-order valence-corrected chi connectivity index (χ3v) is 8.91. The van der Waals surface area contributed by atoms with E-state index in [1.807, 2.05) is 6.08 Å². The smallest absolute Gasteiger partial charge is 0.155 e. The van der Waals surface area contributed by atoms with Gasteiger partial charge in [0.15, 0.2) is 5.78 Å². The lowest BCUT2D eigenvalue weighted by Gasteiger charge is -2.57. The first-order valence-electron chi connectivity index (χ1n) is 9.63. The van der Waals surface area contributed by atoms with E-state index in [1.165, 1.54) is 31.3 Å². The van der Waals surface area contributed by atoms with E-state index in [0.717, 1.165) is 42.9 Å². The molecule has 2 heteroatoms. The van der Waals surface area contributed by atoms with Crippen LogP contribution >= 0.6 is 0 Å². The Kier molecular flexibility index (Phi) is 2.66. The second-order valence-corrected chi connectivity index (χ2v) is 9.58. The molecule has 0 radical (unpaired) electrons. The van der Waals surface area contributed by atoms with Crippen LogP contribution in [0.1, 0.15) is 58.8 Å². The van der Waals surface area contributed by atoms with Gasteiger partial charge in [0, 0.05) is 6.42 Å². The molecule has 5 rings (SSSR count). The summed E-state index contributed by atoms with van der Waals surface area (Å²) in [6, 6.07) is 2.64. The summed E-state index contributed by atoms with van der Waals surface area (Å²) < 4.78 is 0. The number of hydrogen-bond acceptors (Lipinski definition) is 2. The van der Waals surface area contributed by atoms with Crippen molar-refractivity contribution in [3.63, 3.8) is 0 Å². The van der Waals surface area contributed by atoms with Gasteiger partial charge < -0.3 is 0 Å². The maximum absolute atomic E-state index is 12.0. The van der Waals surface area contributed by atoms with E-state index in [9.17, 15) is 10.1 Å². The summed E-state index contributed by atoms with van der Waals surface area (Å²) in [5.74, 6) is 4.53. The molecule has 0 amide bonds. The molecule has 2 nitrogen and oxygen atoms in total. The molecule has 5 aliphatic rings. The molecule has 0 aromatic heterocycles. The number of carbonyl (C=O) groups excluding carboxylic acids is 1. The highest BCUT2D eigenvalue weighted by molar-refractivity contribution is 5.92. The lowest BCUT2D eigenvalue weighted by molar-refractivity contribution is -0.117. The predicted molar refractivity (Wildman–Crippen MR) is 88.2 cm³/mol. The van der Waals surface area contributed by atoms with Crippen molar-refractivity contribution in [1.82, 2.24) is 0 Å². The van der Waals surface area contributed by atoms with Gasteiger partial charge in [-0.25, -0.2) is 0 Å². The van der Waals surface area contributed by atoms with E-state index >= 15 is 0 Å². The fourth-order valence-corrected chi connectivity index (χ4v) is 7.61. The number of rotatable bonds is 0. The molecule has 0 aromatic rings. The van der Waals surface area contributed by atoms with Crippen molar-refractivity contribution < 1.29 is 4.79 Å². The Balaban J connectivity index is 1.57. The summed E-state index contributed by atoms with van der Waals surface area (Å²) in [5, 5.41) is 9.61. The lowest BCUT2D eigenvalue weighted by atomic mass is 9.47. The van der Waals surface area contributed by atoms with Crippen LogP contribution in [0, 0.1) is 57.7 Å². The van der Waals surface area contributed by atoms with Crippen LogP contribution < -0.4 is 0 Å². The van der Waals surface area contributed by atoms with Crippen LogP contribution in [-0.4, -0.2) is 5.78 Å². The highest BCUT2D eigenvalue weighted by Gasteiger charge is 2.67. The van der Waals surface area contributed by atoms with E-state index < -0.39 is 0 Å². The fourth-order valence-electron chi connectivity index (χ4n) is 7.61. The van der Waals surface area contributed by atoms with Crippen molar-refractivity contribution >= 4 is 5.78 Å². The normalized spacial score (nSPS) is 56.6. The summed E-state index contributed by atoms with van der Waals surface area (Å²) >= 11 is 0. The largest absolute Gasteiger partial charge is 0.295 e. The summed E-state index contributed by atoms with van der Waals surface area (Å²) in [6.07, 6.45) is 10.1. The molecule has 23 heavy (non-hydrogen) atoms. The zero-order chi connectivity index (χ0) is 16.0. The van der Waals surface area contributed by atoms with Gasteiger partial charge in [0.2, 0.25) is 0 Å². The molecule has 0 N–H and O–H groups in total.